The van der Waals surface area contributed by atoms with Crippen LogP contribution in [-0.2, 0) is 9.59 Å². The molecule has 2 heterocycles. The Morgan fingerprint density at radius 3 is 2.12 bits per heavy atom. The summed E-state index contributed by atoms with van der Waals surface area (Å²) < 4.78 is 0. The molecule has 8 nitrogen and oxygen atoms in total. The van der Waals surface area contributed by atoms with Crippen LogP contribution < -0.4 is 5.32 Å². The van der Waals surface area contributed by atoms with Crippen LogP contribution >= 0.6 is 0 Å². The molecule has 0 aromatic rings. The quantitative estimate of drug-likeness (QED) is 0.508. The van der Waals surface area contributed by atoms with Gasteiger partial charge in [-0.15, -0.1) is 0 Å². The molecule has 0 aromatic carbocycles. The molecule has 2 saturated heterocycles. The van der Waals surface area contributed by atoms with Gasteiger partial charge in [0.05, 0.1) is 12.0 Å². The average molecular weight is 449 g/mol. The van der Waals surface area contributed by atoms with Gasteiger partial charge < -0.3 is 20.0 Å². The number of carbonyl (C=O) groups is 2. The van der Waals surface area contributed by atoms with E-state index in [1.165, 1.54) is 6.42 Å². The fraction of sp³-hybridized carbons (Fsp3) is 0.875. The number of likely N-dealkylation sites (tertiary alicyclic amines) is 1. The van der Waals surface area contributed by atoms with Gasteiger partial charge in [0.2, 0.25) is 11.8 Å². The lowest BCUT2D eigenvalue weighted by Crippen LogP contribution is -2.56. The molecule has 182 valence electrons. The summed E-state index contributed by atoms with van der Waals surface area (Å²) in [6, 6.07) is 0. The molecule has 32 heavy (non-hydrogen) atoms. The standard InChI is InChI=1S/C24H44N6O2/c1-19-14-20(2)16-30(15-19)21(31)17-28-10-12-29(13-11-28)23(25-3)26-18-24(8-6-7-9-24)22(32)27(4)5/h19-20H,6-18H2,1-5H3,(H,25,26). The monoisotopic (exact) mass is 448 g/mol. The molecule has 2 amide bonds. The van der Waals surface area contributed by atoms with E-state index in [-0.39, 0.29) is 17.2 Å². The maximum Gasteiger partial charge on any atom is 0.236 e. The van der Waals surface area contributed by atoms with Crippen LogP contribution in [0.5, 0.6) is 0 Å². The van der Waals surface area contributed by atoms with E-state index in [4.69, 9.17) is 0 Å². The van der Waals surface area contributed by atoms with E-state index >= 15 is 0 Å². The number of nitrogens with one attached hydrogen (secondary N) is 1. The van der Waals surface area contributed by atoms with Crippen molar-refractivity contribution in [1.82, 2.24) is 24.9 Å². The highest BCUT2D eigenvalue weighted by Gasteiger charge is 2.42. The Kier molecular flexibility index (Phi) is 8.42. The second kappa shape index (κ2) is 10.9. The van der Waals surface area contributed by atoms with E-state index in [2.05, 4.69) is 38.9 Å². The summed E-state index contributed by atoms with van der Waals surface area (Å²) in [5.41, 5.74) is -0.309. The molecular formula is C24H44N6O2. The van der Waals surface area contributed by atoms with Crippen molar-refractivity contribution in [3.63, 3.8) is 0 Å². The van der Waals surface area contributed by atoms with Gasteiger partial charge in [0, 0.05) is 67.0 Å². The molecule has 0 spiro atoms. The van der Waals surface area contributed by atoms with E-state index in [1.54, 1.807) is 4.90 Å². The zero-order valence-corrected chi connectivity index (χ0v) is 20.9. The number of hydrogen-bond donors (Lipinski definition) is 1. The molecule has 2 unspecified atom stereocenters. The highest BCUT2D eigenvalue weighted by Crippen LogP contribution is 2.39. The predicted octanol–water partition coefficient (Wildman–Crippen LogP) is 1.33. The van der Waals surface area contributed by atoms with Crippen molar-refractivity contribution in [2.75, 3.05) is 73.5 Å². The maximum absolute atomic E-state index is 12.9. The third-order valence-corrected chi connectivity index (χ3v) is 7.47. The molecule has 2 aliphatic heterocycles. The van der Waals surface area contributed by atoms with Crippen LogP contribution in [0.1, 0.15) is 46.0 Å². The van der Waals surface area contributed by atoms with Crippen LogP contribution in [0.2, 0.25) is 0 Å². The van der Waals surface area contributed by atoms with Crippen LogP contribution in [0, 0.1) is 17.3 Å². The second-order valence-electron chi connectivity index (χ2n) is 10.6. The van der Waals surface area contributed by atoms with E-state index in [0.29, 0.717) is 24.9 Å². The molecule has 3 aliphatic rings. The van der Waals surface area contributed by atoms with Crippen molar-refractivity contribution in [3.05, 3.63) is 0 Å². The predicted molar refractivity (Wildman–Crippen MR) is 128 cm³/mol. The van der Waals surface area contributed by atoms with Gasteiger partial charge in [-0.25, -0.2) is 0 Å². The number of piperazine rings is 1. The summed E-state index contributed by atoms with van der Waals surface area (Å²) in [7, 11) is 5.51. The van der Waals surface area contributed by atoms with E-state index < -0.39 is 0 Å². The summed E-state index contributed by atoms with van der Waals surface area (Å²) in [4.78, 5) is 38.5. The average Bonchev–Trinajstić information content (AvgIpc) is 3.24. The van der Waals surface area contributed by atoms with E-state index in [9.17, 15) is 9.59 Å². The molecule has 0 radical (unpaired) electrons. The lowest BCUT2D eigenvalue weighted by Gasteiger charge is -2.39. The van der Waals surface area contributed by atoms with Gasteiger partial charge >= 0.3 is 0 Å². The molecule has 0 aromatic heterocycles. The number of aliphatic imine (C=N–C) groups is 1. The van der Waals surface area contributed by atoms with E-state index in [0.717, 1.165) is 70.9 Å². The number of guanidine groups is 1. The Labute approximate surface area is 194 Å². The lowest BCUT2D eigenvalue weighted by atomic mass is 9.84. The van der Waals surface area contributed by atoms with Gasteiger partial charge in [-0.05, 0) is 31.1 Å². The second-order valence-corrected chi connectivity index (χ2v) is 10.6. The SMILES string of the molecule is CN=C(NCC1(C(=O)N(C)C)CCCC1)N1CCN(CC(=O)N2CC(C)CC(C)C2)CC1. The minimum atomic E-state index is -0.309. The minimum absolute atomic E-state index is 0.225. The lowest BCUT2D eigenvalue weighted by molar-refractivity contribution is -0.139. The Morgan fingerprint density at radius 2 is 1.59 bits per heavy atom. The molecular weight excluding hydrogens is 404 g/mol. The summed E-state index contributed by atoms with van der Waals surface area (Å²) in [5.74, 6) is 2.55. The fourth-order valence-electron chi connectivity index (χ4n) is 5.85. The molecule has 8 heteroatoms. The van der Waals surface area contributed by atoms with Crippen LogP contribution in [0.3, 0.4) is 0 Å². The molecule has 3 fully saturated rings. The van der Waals surface area contributed by atoms with Gasteiger partial charge in [0.1, 0.15) is 0 Å². The van der Waals surface area contributed by atoms with Crippen LogP contribution in [0.25, 0.3) is 0 Å². The Bertz CT molecular complexity index is 670. The number of rotatable bonds is 5. The van der Waals surface area contributed by atoms with Crippen LogP contribution in [-0.4, -0.2) is 111 Å². The molecule has 1 aliphatic carbocycles. The Morgan fingerprint density at radius 1 is 1.00 bits per heavy atom. The first kappa shape index (κ1) is 24.8. The first-order valence-electron chi connectivity index (χ1n) is 12.4. The minimum Gasteiger partial charge on any atom is -0.355 e. The summed E-state index contributed by atoms with van der Waals surface area (Å²) in [6.45, 7) is 10.8. The van der Waals surface area contributed by atoms with Gasteiger partial charge in [-0.1, -0.05) is 26.7 Å². The number of hydrogen-bond acceptors (Lipinski definition) is 4. The molecule has 0 bridgehead atoms. The van der Waals surface area contributed by atoms with Crippen molar-refractivity contribution >= 4 is 17.8 Å². The highest BCUT2D eigenvalue weighted by molar-refractivity contribution is 5.85. The molecule has 1 N–H and O–H groups in total. The third-order valence-electron chi connectivity index (χ3n) is 7.47. The van der Waals surface area contributed by atoms with E-state index in [1.807, 2.05) is 21.1 Å². The maximum atomic E-state index is 12.9. The van der Waals surface area contributed by atoms with Gasteiger partial charge in [-0.2, -0.15) is 0 Å². The first-order chi connectivity index (χ1) is 15.2. The van der Waals surface area contributed by atoms with Gasteiger partial charge in [0.15, 0.2) is 5.96 Å². The first-order valence-corrected chi connectivity index (χ1v) is 12.4. The number of nitrogens with zero attached hydrogens (tertiary/aromatic N) is 5. The molecule has 3 rings (SSSR count). The third kappa shape index (κ3) is 5.94. The van der Waals surface area contributed by atoms with Crippen LogP contribution in [0.4, 0.5) is 0 Å². The van der Waals surface area contributed by atoms with Crippen molar-refractivity contribution in [3.8, 4) is 0 Å². The van der Waals surface area contributed by atoms with Gasteiger partial charge in [0.25, 0.3) is 0 Å². The van der Waals surface area contributed by atoms with Crippen molar-refractivity contribution in [2.45, 2.75) is 46.0 Å². The Balaban J connectivity index is 1.48. The smallest absolute Gasteiger partial charge is 0.236 e. The zero-order valence-electron chi connectivity index (χ0n) is 20.9. The number of carbonyl (C=O) groups excluding carboxylic acids is 2. The molecule has 1 saturated carbocycles. The topological polar surface area (TPSA) is 71.5 Å². The molecule has 2 atom stereocenters. The van der Waals surface area contributed by atoms with Crippen molar-refractivity contribution in [1.29, 1.82) is 0 Å². The van der Waals surface area contributed by atoms with Crippen molar-refractivity contribution in [2.24, 2.45) is 22.2 Å². The number of piperidine rings is 1. The van der Waals surface area contributed by atoms with Gasteiger partial charge in [-0.3, -0.25) is 19.5 Å². The largest absolute Gasteiger partial charge is 0.355 e. The summed E-state index contributed by atoms with van der Waals surface area (Å²) >= 11 is 0. The Hall–Kier alpha value is -1.83. The summed E-state index contributed by atoms with van der Waals surface area (Å²) in [5, 5.41) is 3.51. The fourth-order valence-corrected chi connectivity index (χ4v) is 5.85. The summed E-state index contributed by atoms with van der Waals surface area (Å²) in [6.07, 6.45) is 5.33. The number of amides is 2. The van der Waals surface area contributed by atoms with Crippen molar-refractivity contribution < 1.29 is 9.59 Å². The normalized spacial score (nSPS) is 26.8. The van der Waals surface area contributed by atoms with Crippen LogP contribution in [0.15, 0.2) is 4.99 Å². The highest BCUT2D eigenvalue weighted by atomic mass is 16.2. The zero-order chi connectivity index (χ0) is 23.3.